The molecule has 12 heteroatoms. The first-order valence-corrected chi connectivity index (χ1v) is 11.7. The Bertz CT molecular complexity index is 1030. The minimum absolute atomic E-state index is 0.0120. The fraction of sp³-hybridized carbons (Fsp3) is 0.636. The van der Waals surface area contributed by atoms with Crippen molar-refractivity contribution in [2.75, 3.05) is 57.1 Å². The number of methoxy groups -OCH3 is 1. The number of fused-ring (bicyclic) bond motifs is 1. The molecule has 2 aliphatic heterocycles. The second-order valence-corrected chi connectivity index (χ2v) is 9.23. The van der Waals surface area contributed by atoms with E-state index in [1.807, 2.05) is 30.6 Å². The molecule has 34 heavy (non-hydrogen) atoms. The number of anilines is 3. The van der Waals surface area contributed by atoms with Gasteiger partial charge in [0.2, 0.25) is 5.95 Å². The van der Waals surface area contributed by atoms with E-state index in [1.54, 1.807) is 7.11 Å². The molecule has 1 atom stereocenters. The number of urea groups is 1. The molecule has 2 aromatic rings. The van der Waals surface area contributed by atoms with Gasteiger partial charge in [0.05, 0.1) is 30.6 Å². The van der Waals surface area contributed by atoms with Crippen molar-refractivity contribution in [1.82, 2.24) is 34.9 Å². The van der Waals surface area contributed by atoms with Crippen LogP contribution in [0.1, 0.15) is 39.0 Å². The summed E-state index contributed by atoms with van der Waals surface area (Å²) in [7, 11) is 1.70. The monoisotopic (exact) mass is 475 g/mol. The van der Waals surface area contributed by atoms with Gasteiger partial charge in [-0.2, -0.15) is 10.1 Å². The van der Waals surface area contributed by atoms with E-state index < -0.39 is 11.4 Å². The molecule has 0 aromatic carbocycles. The maximum absolute atomic E-state index is 14.4. The number of H-pyrrole nitrogens is 1. The molecule has 11 nitrogen and oxygen atoms in total. The van der Waals surface area contributed by atoms with Gasteiger partial charge in [-0.15, -0.1) is 0 Å². The Hall–Kier alpha value is -2.99. The van der Waals surface area contributed by atoms with Gasteiger partial charge in [0.25, 0.3) is 0 Å². The summed E-state index contributed by atoms with van der Waals surface area (Å²) in [6, 6.07) is 0.0743. The van der Waals surface area contributed by atoms with E-state index in [0.29, 0.717) is 38.0 Å². The van der Waals surface area contributed by atoms with Gasteiger partial charge in [0.15, 0.2) is 17.5 Å². The Kier molecular flexibility index (Phi) is 6.89. The number of nitrogens with one attached hydrogen (secondary N) is 3. The Morgan fingerprint density at radius 2 is 2.15 bits per heavy atom. The van der Waals surface area contributed by atoms with Gasteiger partial charge in [-0.1, -0.05) is 0 Å². The average Bonchev–Trinajstić information content (AvgIpc) is 3.32. The molecule has 0 aliphatic carbocycles. The quantitative estimate of drug-likeness (QED) is 0.559. The van der Waals surface area contributed by atoms with Crippen LogP contribution in [0.15, 0.2) is 6.20 Å². The number of carbonyl (C=O) groups is 1. The smallest absolute Gasteiger partial charge is 0.321 e. The van der Waals surface area contributed by atoms with Crippen LogP contribution in [-0.2, 0) is 16.8 Å². The number of piperazine rings is 1. The highest BCUT2D eigenvalue weighted by Crippen LogP contribution is 2.42. The first-order valence-electron chi connectivity index (χ1n) is 11.7. The predicted octanol–water partition coefficient (Wildman–Crippen LogP) is 2.34. The molecule has 1 fully saturated rings. The van der Waals surface area contributed by atoms with Gasteiger partial charge in [0, 0.05) is 51.4 Å². The predicted molar refractivity (Wildman–Crippen MR) is 126 cm³/mol. The normalized spacial score (nSPS) is 19.9. The van der Waals surface area contributed by atoms with Crippen LogP contribution in [0, 0.1) is 5.82 Å². The van der Waals surface area contributed by atoms with Crippen molar-refractivity contribution in [3.8, 4) is 0 Å². The number of aromatic amines is 1. The summed E-state index contributed by atoms with van der Waals surface area (Å²) in [5.74, 6) is 0.234. The van der Waals surface area contributed by atoms with Gasteiger partial charge in [0.1, 0.15) is 0 Å². The van der Waals surface area contributed by atoms with Crippen LogP contribution in [0.2, 0.25) is 0 Å². The van der Waals surface area contributed by atoms with E-state index in [0.717, 1.165) is 37.1 Å². The topological polar surface area (TPSA) is 115 Å². The van der Waals surface area contributed by atoms with E-state index in [2.05, 4.69) is 42.6 Å². The molecule has 0 radical (unpaired) electrons. The molecule has 0 saturated carbocycles. The molecular formula is C22H34FN9O2. The zero-order valence-corrected chi connectivity index (χ0v) is 20.5. The van der Waals surface area contributed by atoms with Gasteiger partial charge in [-0.25, -0.2) is 14.2 Å². The molecule has 4 heterocycles. The van der Waals surface area contributed by atoms with Crippen molar-refractivity contribution in [3.05, 3.63) is 23.3 Å². The molecule has 0 bridgehead atoms. The Morgan fingerprint density at radius 1 is 1.35 bits per heavy atom. The second kappa shape index (κ2) is 9.71. The SMILES string of the molecule is CCNc1ncc(F)c(Nc2n[nH]c3c2CN(C(=O)N2CCN(CCOC)C[C@@H]2C)C3(C)C)n1. The van der Waals surface area contributed by atoms with E-state index in [1.165, 1.54) is 0 Å². The summed E-state index contributed by atoms with van der Waals surface area (Å²) in [4.78, 5) is 27.9. The maximum Gasteiger partial charge on any atom is 0.321 e. The maximum atomic E-state index is 14.4. The Labute approximate surface area is 199 Å². The number of halogens is 1. The molecule has 1 saturated heterocycles. The third-order valence-corrected chi connectivity index (χ3v) is 6.59. The number of hydrogen-bond donors (Lipinski definition) is 3. The minimum Gasteiger partial charge on any atom is -0.383 e. The summed E-state index contributed by atoms with van der Waals surface area (Å²) in [5.41, 5.74) is 1.06. The summed E-state index contributed by atoms with van der Waals surface area (Å²) in [6.07, 6.45) is 1.12. The summed E-state index contributed by atoms with van der Waals surface area (Å²) in [6.45, 7) is 12.8. The number of hydrogen-bond acceptors (Lipinski definition) is 8. The average molecular weight is 476 g/mol. The van der Waals surface area contributed by atoms with Crippen LogP contribution in [0.4, 0.5) is 26.8 Å². The molecule has 3 N–H and O–H groups in total. The first kappa shape index (κ1) is 24.1. The Balaban J connectivity index is 1.50. The summed E-state index contributed by atoms with van der Waals surface area (Å²) < 4.78 is 19.6. The third-order valence-electron chi connectivity index (χ3n) is 6.59. The van der Waals surface area contributed by atoms with Gasteiger partial charge >= 0.3 is 6.03 Å². The van der Waals surface area contributed by atoms with Gasteiger partial charge < -0.3 is 25.2 Å². The minimum atomic E-state index is -0.592. The number of carbonyl (C=O) groups excluding carboxylic acids is 1. The van der Waals surface area contributed by atoms with Crippen LogP contribution in [0.5, 0.6) is 0 Å². The van der Waals surface area contributed by atoms with Crippen molar-refractivity contribution in [2.45, 2.75) is 45.8 Å². The highest BCUT2D eigenvalue weighted by atomic mass is 19.1. The van der Waals surface area contributed by atoms with Crippen molar-refractivity contribution in [1.29, 1.82) is 0 Å². The molecule has 0 unspecified atom stereocenters. The largest absolute Gasteiger partial charge is 0.383 e. The Morgan fingerprint density at radius 3 is 2.85 bits per heavy atom. The van der Waals surface area contributed by atoms with Crippen molar-refractivity contribution < 1.29 is 13.9 Å². The van der Waals surface area contributed by atoms with Crippen LogP contribution in [0.3, 0.4) is 0 Å². The lowest BCUT2D eigenvalue weighted by Crippen LogP contribution is -2.59. The fourth-order valence-electron chi connectivity index (χ4n) is 4.63. The third kappa shape index (κ3) is 4.51. The second-order valence-electron chi connectivity index (χ2n) is 9.23. The van der Waals surface area contributed by atoms with E-state index in [-0.39, 0.29) is 17.9 Å². The molecule has 186 valence electrons. The fourth-order valence-corrected chi connectivity index (χ4v) is 4.63. The van der Waals surface area contributed by atoms with Gasteiger partial charge in [-0.3, -0.25) is 10.00 Å². The van der Waals surface area contributed by atoms with Crippen molar-refractivity contribution in [2.24, 2.45) is 0 Å². The van der Waals surface area contributed by atoms with Crippen LogP contribution >= 0.6 is 0 Å². The van der Waals surface area contributed by atoms with E-state index in [9.17, 15) is 9.18 Å². The summed E-state index contributed by atoms with van der Waals surface area (Å²) in [5, 5.41) is 13.4. The molecule has 0 spiro atoms. The molecule has 4 rings (SSSR count). The van der Waals surface area contributed by atoms with Gasteiger partial charge in [-0.05, 0) is 27.7 Å². The standard InChI is InChI=1S/C22H34FN9O2/c1-6-24-20-25-11-16(23)19(27-20)26-18-15-13-32(22(3,4)17(15)28-29-18)21(33)31-8-7-30(9-10-34-5)12-14(31)2/h11,14H,6-10,12-13H2,1-5H3,(H3,24,25,26,27,28,29)/t14-/m0/s1. The lowest BCUT2D eigenvalue weighted by molar-refractivity contribution is 0.0497. The van der Waals surface area contributed by atoms with Crippen LogP contribution < -0.4 is 10.6 Å². The molecule has 2 aliphatic rings. The number of nitrogens with zero attached hydrogens (tertiary/aromatic N) is 6. The number of ether oxygens (including phenoxy) is 1. The van der Waals surface area contributed by atoms with Crippen molar-refractivity contribution >= 4 is 23.6 Å². The zero-order chi connectivity index (χ0) is 24.5. The first-order chi connectivity index (χ1) is 16.3. The summed E-state index contributed by atoms with van der Waals surface area (Å²) >= 11 is 0. The number of aromatic nitrogens is 4. The molecule has 2 amide bonds. The lowest BCUT2D eigenvalue weighted by atomic mass is 10.0. The highest BCUT2D eigenvalue weighted by Gasteiger charge is 2.46. The van der Waals surface area contributed by atoms with E-state index in [4.69, 9.17) is 4.74 Å². The zero-order valence-electron chi connectivity index (χ0n) is 20.5. The van der Waals surface area contributed by atoms with Crippen LogP contribution in [-0.4, -0.2) is 93.4 Å². The number of rotatable bonds is 7. The molecular weight excluding hydrogens is 441 g/mol. The highest BCUT2D eigenvalue weighted by molar-refractivity contribution is 5.78. The van der Waals surface area contributed by atoms with Crippen molar-refractivity contribution in [3.63, 3.8) is 0 Å². The van der Waals surface area contributed by atoms with Crippen LogP contribution in [0.25, 0.3) is 0 Å². The van der Waals surface area contributed by atoms with E-state index >= 15 is 0 Å². The molecule has 2 aromatic heterocycles. The lowest BCUT2D eigenvalue weighted by Gasteiger charge is -2.43. The number of amides is 2.